The smallest absolute Gasteiger partial charge is 0.313 e. The SMILES string of the molecule is COc1cc(C(=O)N(CCCc2c(F)cccc2F)CCSCC(=O)O)cc(OC)c1C. The Bertz CT molecular complexity index is 909. The summed E-state index contributed by atoms with van der Waals surface area (Å²) >= 11 is 1.19. The number of halogens is 2. The van der Waals surface area contributed by atoms with Crippen LogP contribution in [0.2, 0.25) is 0 Å². The Morgan fingerprint density at radius 3 is 2.19 bits per heavy atom. The van der Waals surface area contributed by atoms with Crippen LogP contribution in [0.3, 0.4) is 0 Å². The van der Waals surface area contributed by atoms with E-state index in [1.807, 2.05) is 6.92 Å². The number of carboxylic acids is 1. The Morgan fingerprint density at radius 2 is 1.66 bits per heavy atom. The molecule has 2 aromatic rings. The van der Waals surface area contributed by atoms with Gasteiger partial charge in [-0.2, -0.15) is 0 Å². The summed E-state index contributed by atoms with van der Waals surface area (Å²) in [7, 11) is 3.00. The maximum absolute atomic E-state index is 13.9. The highest BCUT2D eigenvalue weighted by atomic mass is 32.2. The monoisotopic (exact) mass is 467 g/mol. The summed E-state index contributed by atoms with van der Waals surface area (Å²) < 4.78 is 38.5. The van der Waals surface area contributed by atoms with Gasteiger partial charge in [-0.3, -0.25) is 9.59 Å². The van der Waals surface area contributed by atoms with Crippen LogP contribution in [0.1, 0.15) is 27.9 Å². The number of nitrogens with zero attached hydrogens (tertiary/aromatic N) is 1. The predicted molar refractivity (Wildman–Crippen MR) is 120 cm³/mol. The molecule has 0 aliphatic rings. The third kappa shape index (κ3) is 6.85. The van der Waals surface area contributed by atoms with Gasteiger partial charge in [0, 0.05) is 35.5 Å². The first kappa shape index (κ1) is 25.5. The van der Waals surface area contributed by atoms with Crippen LogP contribution in [-0.2, 0) is 11.2 Å². The molecule has 0 bridgehead atoms. The second-order valence-corrected chi connectivity index (χ2v) is 8.15. The molecule has 1 N–H and O–H groups in total. The Hall–Kier alpha value is -2.81. The van der Waals surface area contributed by atoms with Crippen molar-refractivity contribution in [3.05, 3.63) is 58.7 Å². The molecule has 0 fully saturated rings. The first-order valence-corrected chi connectivity index (χ1v) is 11.2. The number of rotatable bonds is 12. The fraction of sp³-hybridized carbons (Fsp3) is 0.391. The van der Waals surface area contributed by atoms with E-state index >= 15 is 0 Å². The third-order valence-corrected chi connectivity index (χ3v) is 5.86. The molecular weight excluding hydrogens is 440 g/mol. The van der Waals surface area contributed by atoms with Gasteiger partial charge in [-0.15, -0.1) is 11.8 Å². The van der Waals surface area contributed by atoms with Crippen molar-refractivity contribution in [2.75, 3.05) is 38.8 Å². The van der Waals surface area contributed by atoms with E-state index in [2.05, 4.69) is 0 Å². The zero-order valence-electron chi connectivity index (χ0n) is 18.3. The Labute approximate surface area is 190 Å². The molecular formula is C23H27F2NO5S. The normalized spacial score (nSPS) is 10.7. The Morgan fingerprint density at radius 1 is 1.06 bits per heavy atom. The van der Waals surface area contributed by atoms with E-state index in [0.717, 1.165) is 5.56 Å². The molecule has 0 radical (unpaired) electrons. The van der Waals surface area contributed by atoms with E-state index in [0.29, 0.717) is 29.2 Å². The molecule has 0 saturated heterocycles. The Kier molecular flexibility index (Phi) is 9.77. The number of thioether (sulfide) groups is 1. The topological polar surface area (TPSA) is 76.1 Å². The zero-order chi connectivity index (χ0) is 23.7. The molecule has 0 aliphatic heterocycles. The minimum atomic E-state index is -0.934. The van der Waals surface area contributed by atoms with Gasteiger partial charge in [0.05, 0.1) is 20.0 Å². The predicted octanol–water partition coefficient (Wildman–Crippen LogP) is 4.18. The summed E-state index contributed by atoms with van der Waals surface area (Å²) in [6.07, 6.45) is 0.471. The molecule has 0 atom stereocenters. The summed E-state index contributed by atoms with van der Waals surface area (Å²) in [5.41, 5.74) is 1.09. The Balaban J connectivity index is 2.18. The number of carbonyl (C=O) groups is 2. The molecule has 9 heteroatoms. The van der Waals surface area contributed by atoms with Crippen molar-refractivity contribution in [1.82, 2.24) is 4.90 Å². The highest BCUT2D eigenvalue weighted by Gasteiger charge is 2.20. The lowest BCUT2D eigenvalue weighted by molar-refractivity contribution is -0.133. The molecule has 0 heterocycles. The maximum atomic E-state index is 13.9. The summed E-state index contributed by atoms with van der Waals surface area (Å²) in [4.78, 5) is 25.6. The quantitative estimate of drug-likeness (QED) is 0.472. The van der Waals surface area contributed by atoms with Gasteiger partial charge < -0.3 is 19.5 Å². The minimum absolute atomic E-state index is 0.0150. The van der Waals surface area contributed by atoms with Crippen LogP contribution in [0.5, 0.6) is 11.5 Å². The second kappa shape index (κ2) is 12.3. The van der Waals surface area contributed by atoms with Crippen molar-refractivity contribution in [3.63, 3.8) is 0 Å². The van der Waals surface area contributed by atoms with Crippen molar-refractivity contribution in [3.8, 4) is 11.5 Å². The van der Waals surface area contributed by atoms with Gasteiger partial charge in [-0.05, 0) is 44.0 Å². The van der Waals surface area contributed by atoms with E-state index in [4.69, 9.17) is 14.6 Å². The first-order chi connectivity index (χ1) is 15.3. The number of benzene rings is 2. The van der Waals surface area contributed by atoms with Crippen molar-refractivity contribution in [2.24, 2.45) is 0 Å². The van der Waals surface area contributed by atoms with Crippen molar-refractivity contribution in [1.29, 1.82) is 0 Å². The second-order valence-electron chi connectivity index (χ2n) is 7.05. The number of hydrogen-bond donors (Lipinski definition) is 1. The number of hydrogen-bond acceptors (Lipinski definition) is 5. The summed E-state index contributed by atoms with van der Waals surface area (Å²) in [6, 6.07) is 6.95. The molecule has 0 aliphatic carbocycles. The largest absolute Gasteiger partial charge is 0.496 e. The van der Waals surface area contributed by atoms with Crippen LogP contribution < -0.4 is 9.47 Å². The molecule has 2 aromatic carbocycles. The van der Waals surface area contributed by atoms with Gasteiger partial charge >= 0.3 is 5.97 Å². The van der Waals surface area contributed by atoms with Gasteiger partial charge in [0.25, 0.3) is 5.91 Å². The molecule has 0 aromatic heterocycles. The average molecular weight is 468 g/mol. The minimum Gasteiger partial charge on any atom is -0.496 e. The number of aliphatic carboxylic acids is 1. The lowest BCUT2D eigenvalue weighted by Gasteiger charge is -2.24. The van der Waals surface area contributed by atoms with Crippen LogP contribution in [-0.4, -0.2) is 60.7 Å². The van der Waals surface area contributed by atoms with Crippen LogP contribution in [0.4, 0.5) is 8.78 Å². The fourth-order valence-electron chi connectivity index (χ4n) is 3.26. The van der Waals surface area contributed by atoms with Crippen LogP contribution in [0.15, 0.2) is 30.3 Å². The van der Waals surface area contributed by atoms with Gasteiger partial charge in [0.15, 0.2) is 0 Å². The molecule has 0 unspecified atom stereocenters. The number of carbonyl (C=O) groups excluding carboxylic acids is 1. The van der Waals surface area contributed by atoms with Crippen LogP contribution >= 0.6 is 11.8 Å². The first-order valence-electron chi connectivity index (χ1n) is 10.0. The van der Waals surface area contributed by atoms with Gasteiger partial charge in [0.1, 0.15) is 23.1 Å². The van der Waals surface area contributed by atoms with Gasteiger partial charge in [0.2, 0.25) is 0 Å². The number of amides is 1. The molecule has 2 rings (SSSR count). The average Bonchev–Trinajstić information content (AvgIpc) is 2.76. The number of methoxy groups -OCH3 is 2. The molecule has 1 amide bonds. The lowest BCUT2D eigenvalue weighted by atomic mass is 10.1. The number of carboxylic acid groups (broad SMARTS) is 1. The third-order valence-electron chi connectivity index (χ3n) is 4.93. The van der Waals surface area contributed by atoms with E-state index < -0.39 is 17.6 Å². The van der Waals surface area contributed by atoms with Gasteiger partial charge in [-0.25, -0.2) is 8.78 Å². The van der Waals surface area contributed by atoms with Gasteiger partial charge in [-0.1, -0.05) is 6.07 Å². The standard InChI is InChI=1S/C23H27F2NO5S/c1-15-20(30-2)12-16(13-21(15)31-3)23(29)26(10-11-32-14-22(27)28)9-5-6-17-18(24)7-4-8-19(17)25/h4,7-8,12-13H,5-6,9-11,14H2,1-3H3,(H,27,28). The van der Waals surface area contributed by atoms with Crippen LogP contribution in [0.25, 0.3) is 0 Å². The lowest BCUT2D eigenvalue weighted by Crippen LogP contribution is -2.34. The molecule has 6 nitrogen and oxygen atoms in total. The fourth-order valence-corrected chi connectivity index (χ4v) is 3.93. The van der Waals surface area contributed by atoms with Crippen molar-refractivity contribution in [2.45, 2.75) is 19.8 Å². The van der Waals surface area contributed by atoms with E-state index in [1.54, 1.807) is 17.0 Å². The summed E-state index contributed by atoms with van der Waals surface area (Å²) in [5, 5.41) is 8.83. The van der Waals surface area contributed by atoms with E-state index in [9.17, 15) is 18.4 Å². The summed E-state index contributed by atoms with van der Waals surface area (Å²) in [5.74, 6) is -1.13. The summed E-state index contributed by atoms with van der Waals surface area (Å²) in [6.45, 7) is 2.35. The maximum Gasteiger partial charge on any atom is 0.313 e. The van der Waals surface area contributed by atoms with Crippen LogP contribution in [0, 0.1) is 18.6 Å². The highest BCUT2D eigenvalue weighted by molar-refractivity contribution is 7.99. The molecule has 0 saturated carbocycles. The molecule has 174 valence electrons. The molecule has 0 spiro atoms. The highest BCUT2D eigenvalue weighted by Crippen LogP contribution is 2.30. The molecule has 32 heavy (non-hydrogen) atoms. The van der Waals surface area contributed by atoms with Crippen molar-refractivity contribution < 1.29 is 33.0 Å². The van der Waals surface area contributed by atoms with E-state index in [-0.39, 0.29) is 36.7 Å². The number of ether oxygens (including phenoxy) is 2. The van der Waals surface area contributed by atoms with E-state index in [1.165, 1.54) is 44.2 Å². The zero-order valence-corrected chi connectivity index (χ0v) is 19.1. The van der Waals surface area contributed by atoms with Crippen molar-refractivity contribution >= 4 is 23.6 Å².